The third-order valence-corrected chi connectivity index (χ3v) is 5.25. The van der Waals surface area contributed by atoms with Gasteiger partial charge in [0.25, 0.3) is 0 Å². The van der Waals surface area contributed by atoms with Gasteiger partial charge in [0.15, 0.2) is 0 Å². The average Bonchev–Trinajstić information content (AvgIpc) is 3.34. The summed E-state index contributed by atoms with van der Waals surface area (Å²) in [5.74, 6) is 1.51. The van der Waals surface area contributed by atoms with E-state index in [1.807, 2.05) is 23.1 Å². The van der Waals surface area contributed by atoms with E-state index < -0.39 is 0 Å². The normalized spacial score (nSPS) is 23.2. The van der Waals surface area contributed by atoms with Gasteiger partial charge in [0, 0.05) is 24.9 Å². The van der Waals surface area contributed by atoms with Gasteiger partial charge in [-0.3, -0.25) is 4.79 Å². The monoisotopic (exact) mass is 336 g/mol. The zero-order valence-electron chi connectivity index (χ0n) is 13.9. The quantitative estimate of drug-likeness (QED) is 0.925. The molecule has 1 aliphatic carbocycles. The van der Waals surface area contributed by atoms with E-state index in [1.54, 1.807) is 0 Å². The minimum atomic E-state index is -0.248. The predicted octanol–water partition coefficient (Wildman–Crippen LogP) is 2.52. The molecule has 1 aliphatic heterocycles. The third-order valence-electron chi connectivity index (χ3n) is 5.25. The van der Waals surface area contributed by atoms with Gasteiger partial charge >= 0.3 is 0 Å². The number of aromatic nitrogens is 1. The number of carbonyl (C=O) groups is 1. The number of anilines is 1. The zero-order chi connectivity index (χ0) is 17.4. The van der Waals surface area contributed by atoms with Crippen molar-refractivity contribution in [2.75, 3.05) is 18.0 Å². The fourth-order valence-corrected chi connectivity index (χ4v) is 3.68. The molecule has 4 rings (SSSR count). The molecular formula is C19H20N4O2. The summed E-state index contributed by atoms with van der Waals surface area (Å²) in [6, 6.07) is 12.5. The van der Waals surface area contributed by atoms with Crippen molar-refractivity contribution < 1.29 is 9.21 Å². The summed E-state index contributed by atoms with van der Waals surface area (Å²) in [4.78, 5) is 17.8. The summed E-state index contributed by atoms with van der Waals surface area (Å²) in [5, 5.41) is 9.41. The SMILES string of the molecule is N#Cc1nc([C@H]2C[C@H]2c2ccccc2)oc1N1CCC(C(N)=O)CC1. The first-order valence-corrected chi connectivity index (χ1v) is 8.67. The summed E-state index contributed by atoms with van der Waals surface area (Å²) in [7, 11) is 0. The zero-order valence-corrected chi connectivity index (χ0v) is 13.9. The van der Waals surface area contributed by atoms with E-state index >= 15 is 0 Å². The van der Waals surface area contributed by atoms with Crippen molar-refractivity contribution in [1.29, 1.82) is 5.26 Å². The van der Waals surface area contributed by atoms with Gasteiger partial charge in [0.1, 0.15) is 6.07 Å². The van der Waals surface area contributed by atoms with Crippen LogP contribution in [0.15, 0.2) is 34.7 Å². The van der Waals surface area contributed by atoms with Crippen LogP contribution in [0.1, 0.15) is 48.2 Å². The van der Waals surface area contributed by atoms with Gasteiger partial charge in [0.05, 0.1) is 0 Å². The Morgan fingerprint density at radius 3 is 2.60 bits per heavy atom. The predicted molar refractivity (Wildman–Crippen MR) is 91.9 cm³/mol. The van der Waals surface area contributed by atoms with Crippen LogP contribution in [0.2, 0.25) is 0 Å². The van der Waals surface area contributed by atoms with Gasteiger partial charge in [-0.1, -0.05) is 30.3 Å². The molecule has 2 aromatic rings. The number of nitrogens with zero attached hydrogens (tertiary/aromatic N) is 3. The van der Waals surface area contributed by atoms with Crippen LogP contribution in [0.3, 0.4) is 0 Å². The van der Waals surface area contributed by atoms with E-state index in [1.165, 1.54) is 5.56 Å². The molecule has 25 heavy (non-hydrogen) atoms. The molecule has 0 radical (unpaired) electrons. The molecule has 1 saturated carbocycles. The molecule has 128 valence electrons. The fraction of sp³-hybridized carbons (Fsp3) is 0.421. The van der Waals surface area contributed by atoms with Crippen molar-refractivity contribution in [3.63, 3.8) is 0 Å². The maximum absolute atomic E-state index is 11.3. The van der Waals surface area contributed by atoms with E-state index in [-0.39, 0.29) is 17.7 Å². The van der Waals surface area contributed by atoms with E-state index in [4.69, 9.17) is 10.2 Å². The van der Waals surface area contributed by atoms with E-state index in [2.05, 4.69) is 23.2 Å². The highest BCUT2D eigenvalue weighted by Crippen LogP contribution is 2.54. The second-order valence-corrected chi connectivity index (χ2v) is 6.84. The Morgan fingerprint density at radius 2 is 1.96 bits per heavy atom. The average molecular weight is 336 g/mol. The lowest BCUT2D eigenvalue weighted by molar-refractivity contribution is -0.122. The van der Waals surface area contributed by atoms with Crippen LogP contribution < -0.4 is 10.6 Å². The Hall–Kier alpha value is -2.81. The first-order chi connectivity index (χ1) is 12.2. The Bertz CT molecular complexity index is 816. The van der Waals surface area contributed by atoms with Gasteiger partial charge in [-0.15, -0.1) is 0 Å². The van der Waals surface area contributed by atoms with E-state index in [9.17, 15) is 10.1 Å². The lowest BCUT2D eigenvalue weighted by Crippen LogP contribution is -2.38. The molecule has 2 N–H and O–H groups in total. The van der Waals surface area contributed by atoms with Gasteiger partial charge in [-0.2, -0.15) is 5.26 Å². The maximum Gasteiger partial charge on any atom is 0.234 e. The Kier molecular flexibility index (Phi) is 3.92. The van der Waals surface area contributed by atoms with Crippen LogP contribution in [-0.2, 0) is 4.79 Å². The number of primary amides is 1. The molecule has 2 atom stereocenters. The lowest BCUT2D eigenvalue weighted by Gasteiger charge is -2.30. The Morgan fingerprint density at radius 1 is 1.24 bits per heavy atom. The van der Waals surface area contributed by atoms with E-state index in [0.717, 1.165) is 6.42 Å². The standard InChI is InChI=1S/C19H20N4O2/c20-11-16-19(23-8-6-13(7-9-23)17(21)24)25-18(22-16)15-10-14(15)12-4-2-1-3-5-12/h1-5,13-15H,6-10H2,(H2,21,24)/t14-,15-/m0/s1. The molecule has 2 aliphatic rings. The molecule has 1 amide bonds. The second kappa shape index (κ2) is 6.25. The second-order valence-electron chi connectivity index (χ2n) is 6.84. The number of nitriles is 1. The van der Waals surface area contributed by atoms with Crippen molar-refractivity contribution in [1.82, 2.24) is 4.98 Å². The number of oxazole rings is 1. The number of benzene rings is 1. The van der Waals surface area contributed by atoms with Crippen molar-refractivity contribution in [2.45, 2.75) is 31.1 Å². The lowest BCUT2D eigenvalue weighted by atomic mass is 9.96. The first-order valence-electron chi connectivity index (χ1n) is 8.67. The molecule has 1 saturated heterocycles. The number of piperidine rings is 1. The molecular weight excluding hydrogens is 316 g/mol. The summed E-state index contributed by atoms with van der Waals surface area (Å²) < 4.78 is 5.99. The number of carbonyl (C=O) groups excluding carboxylic acids is 1. The van der Waals surface area contributed by atoms with Crippen LogP contribution in [0.25, 0.3) is 0 Å². The largest absolute Gasteiger partial charge is 0.423 e. The first kappa shape index (κ1) is 15.7. The number of hydrogen-bond acceptors (Lipinski definition) is 5. The van der Waals surface area contributed by atoms with Crippen LogP contribution in [0.5, 0.6) is 0 Å². The van der Waals surface area contributed by atoms with Crippen LogP contribution in [0.4, 0.5) is 5.88 Å². The smallest absolute Gasteiger partial charge is 0.234 e. The third kappa shape index (κ3) is 2.98. The van der Waals surface area contributed by atoms with E-state index in [0.29, 0.717) is 49.3 Å². The number of nitrogens with two attached hydrogens (primary N) is 1. The highest BCUT2D eigenvalue weighted by Gasteiger charge is 2.44. The molecule has 0 unspecified atom stereocenters. The molecule has 2 heterocycles. The minimum absolute atomic E-state index is 0.0879. The maximum atomic E-state index is 11.3. The Balaban J connectivity index is 1.50. The van der Waals surface area contributed by atoms with Gasteiger partial charge < -0.3 is 15.1 Å². The summed E-state index contributed by atoms with van der Waals surface area (Å²) in [6.07, 6.45) is 2.37. The molecule has 0 bridgehead atoms. The molecule has 1 aromatic heterocycles. The minimum Gasteiger partial charge on any atom is -0.423 e. The Labute approximate surface area is 146 Å². The van der Waals surface area contributed by atoms with Crippen LogP contribution in [-0.4, -0.2) is 24.0 Å². The molecule has 2 fully saturated rings. The van der Waals surface area contributed by atoms with Gasteiger partial charge in [-0.05, 0) is 30.7 Å². The molecule has 0 spiro atoms. The fourth-order valence-electron chi connectivity index (χ4n) is 3.68. The number of hydrogen-bond donors (Lipinski definition) is 1. The summed E-state index contributed by atoms with van der Waals surface area (Å²) >= 11 is 0. The van der Waals surface area contributed by atoms with Crippen LogP contribution >= 0.6 is 0 Å². The van der Waals surface area contributed by atoms with Crippen molar-refractivity contribution in [3.8, 4) is 6.07 Å². The molecule has 6 nitrogen and oxygen atoms in total. The number of rotatable bonds is 4. The summed E-state index contributed by atoms with van der Waals surface area (Å²) in [6.45, 7) is 1.31. The highest BCUT2D eigenvalue weighted by molar-refractivity contribution is 5.77. The topological polar surface area (TPSA) is 96.2 Å². The van der Waals surface area contributed by atoms with Gasteiger partial charge in [-0.25, -0.2) is 4.98 Å². The van der Waals surface area contributed by atoms with Crippen molar-refractivity contribution in [2.24, 2.45) is 11.7 Å². The molecule has 6 heteroatoms. The van der Waals surface area contributed by atoms with Crippen LogP contribution in [0, 0.1) is 17.2 Å². The van der Waals surface area contributed by atoms with Crippen molar-refractivity contribution in [3.05, 3.63) is 47.5 Å². The number of amides is 1. The molecule has 1 aromatic carbocycles. The van der Waals surface area contributed by atoms with Gasteiger partial charge in [0.2, 0.25) is 23.4 Å². The summed E-state index contributed by atoms with van der Waals surface area (Å²) in [5.41, 5.74) is 7.01. The highest BCUT2D eigenvalue weighted by atomic mass is 16.4. The van der Waals surface area contributed by atoms with Crippen molar-refractivity contribution >= 4 is 11.8 Å².